The van der Waals surface area contributed by atoms with Crippen molar-refractivity contribution in [3.63, 3.8) is 0 Å². The van der Waals surface area contributed by atoms with E-state index in [1.165, 1.54) is 0 Å². The number of ether oxygens (including phenoxy) is 1. The average Bonchev–Trinajstić information content (AvgIpc) is 3.38. The number of hydrogen-bond acceptors (Lipinski definition) is 7. The SMILES string of the molecule is O=C(NCC1CCS(=O)(=O)C1)Nc1ccc(Oc2ccc(NC(=O)NCC3CCS(=O)(=O)C3)cc2)cc1. The number of nitrogens with one attached hydrogen (secondary N) is 4. The number of amides is 4. The summed E-state index contributed by atoms with van der Waals surface area (Å²) in [5.41, 5.74) is 1.12. The molecule has 2 atom stereocenters. The zero-order valence-corrected chi connectivity index (χ0v) is 21.7. The molecule has 0 bridgehead atoms. The van der Waals surface area contributed by atoms with Crippen molar-refractivity contribution in [2.75, 3.05) is 46.7 Å². The molecule has 2 aliphatic heterocycles. The molecule has 200 valence electrons. The Morgan fingerprint density at radius 3 is 1.38 bits per heavy atom. The molecule has 0 aromatic heterocycles. The van der Waals surface area contributed by atoms with Gasteiger partial charge in [-0.3, -0.25) is 0 Å². The van der Waals surface area contributed by atoms with Gasteiger partial charge in [0, 0.05) is 24.5 Å². The van der Waals surface area contributed by atoms with Crippen LogP contribution in [0.2, 0.25) is 0 Å². The minimum atomic E-state index is -2.97. The van der Waals surface area contributed by atoms with Crippen molar-refractivity contribution in [1.82, 2.24) is 10.6 Å². The van der Waals surface area contributed by atoms with Crippen LogP contribution in [-0.4, -0.2) is 65.0 Å². The van der Waals surface area contributed by atoms with Crippen LogP contribution in [0.15, 0.2) is 48.5 Å². The standard InChI is InChI=1S/C24H30N4O7S2/c29-23(25-13-17-9-11-36(31,32)15-17)27-19-1-5-21(6-2-19)35-22-7-3-20(4-8-22)28-24(30)26-14-18-10-12-37(33,34)16-18/h1-8,17-18H,9-16H2,(H2,25,27,29)(H2,26,28,30). The van der Waals surface area contributed by atoms with Gasteiger partial charge in [-0.2, -0.15) is 0 Å². The fourth-order valence-corrected chi connectivity index (χ4v) is 7.96. The summed E-state index contributed by atoms with van der Waals surface area (Å²) >= 11 is 0. The van der Waals surface area contributed by atoms with E-state index in [0.717, 1.165) is 0 Å². The summed E-state index contributed by atoms with van der Waals surface area (Å²) in [7, 11) is -5.95. The Balaban J connectivity index is 1.18. The monoisotopic (exact) mass is 550 g/mol. The van der Waals surface area contributed by atoms with Crippen LogP contribution in [0.25, 0.3) is 0 Å². The zero-order valence-electron chi connectivity index (χ0n) is 20.1. The van der Waals surface area contributed by atoms with Gasteiger partial charge in [-0.25, -0.2) is 26.4 Å². The molecule has 4 N–H and O–H groups in total. The second-order valence-corrected chi connectivity index (χ2v) is 13.8. The molecule has 0 radical (unpaired) electrons. The molecule has 0 spiro atoms. The summed E-state index contributed by atoms with van der Waals surface area (Å²) in [5, 5.41) is 10.8. The van der Waals surface area contributed by atoms with Gasteiger partial charge in [0.1, 0.15) is 11.5 Å². The highest BCUT2D eigenvalue weighted by Gasteiger charge is 2.28. The van der Waals surface area contributed by atoms with Crippen LogP contribution >= 0.6 is 0 Å². The van der Waals surface area contributed by atoms with Crippen molar-refractivity contribution in [3.05, 3.63) is 48.5 Å². The molecule has 13 heteroatoms. The van der Waals surface area contributed by atoms with Crippen LogP contribution in [0.5, 0.6) is 11.5 Å². The number of hydrogen-bond donors (Lipinski definition) is 4. The van der Waals surface area contributed by atoms with Crippen LogP contribution < -0.4 is 26.0 Å². The molecule has 2 saturated heterocycles. The molecule has 2 heterocycles. The van der Waals surface area contributed by atoms with E-state index >= 15 is 0 Å². The van der Waals surface area contributed by atoms with E-state index in [1.54, 1.807) is 48.5 Å². The van der Waals surface area contributed by atoms with Crippen molar-refractivity contribution >= 4 is 43.1 Å². The lowest BCUT2D eigenvalue weighted by Crippen LogP contribution is -2.33. The van der Waals surface area contributed by atoms with Crippen LogP contribution in [0, 0.1) is 11.8 Å². The summed E-state index contributed by atoms with van der Waals surface area (Å²) in [4.78, 5) is 24.2. The molecule has 37 heavy (non-hydrogen) atoms. The molecule has 11 nitrogen and oxygen atoms in total. The number of urea groups is 2. The third kappa shape index (κ3) is 8.35. The van der Waals surface area contributed by atoms with Crippen LogP contribution in [0.3, 0.4) is 0 Å². The maximum atomic E-state index is 12.1. The van der Waals surface area contributed by atoms with E-state index in [0.29, 0.717) is 48.8 Å². The van der Waals surface area contributed by atoms with Crippen molar-refractivity contribution in [2.45, 2.75) is 12.8 Å². The first-order valence-corrected chi connectivity index (χ1v) is 15.6. The normalized spacial score (nSPS) is 21.6. The predicted molar refractivity (Wildman–Crippen MR) is 141 cm³/mol. The summed E-state index contributed by atoms with van der Waals surface area (Å²) < 4.78 is 51.8. The largest absolute Gasteiger partial charge is 0.457 e. The number of sulfone groups is 2. The van der Waals surface area contributed by atoms with E-state index in [-0.39, 0.29) is 34.8 Å². The van der Waals surface area contributed by atoms with E-state index in [1.807, 2.05) is 0 Å². The second-order valence-electron chi connectivity index (χ2n) is 9.36. The van der Waals surface area contributed by atoms with Gasteiger partial charge in [-0.15, -0.1) is 0 Å². The fourth-order valence-electron chi connectivity index (χ4n) is 4.24. The van der Waals surface area contributed by atoms with Gasteiger partial charge >= 0.3 is 12.1 Å². The molecule has 4 rings (SSSR count). The molecular formula is C24H30N4O7S2. The molecule has 0 saturated carbocycles. The van der Waals surface area contributed by atoms with Gasteiger partial charge in [-0.1, -0.05) is 0 Å². The maximum Gasteiger partial charge on any atom is 0.319 e. The maximum absolute atomic E-state index is 12.1. The van der Waals surface area contributed by atoms with Crippen LogP contribution in [-0.2, 0) is 19.7 Å². The van der Waals surface area contributed by atoms with E-state index in [2.05, 4.69) is 21.3 Å². The number of rotatable bonds is 8. The van der Waals surface area contributed by atoms with Gasteiger partial charge in [-0.05, 0) is 73.2 Å². The van der Waals surface area contributed by atoms with Crippen molar-refractivity contribution in [1.29, 1.82) is 0 Å². The number of carbonyl (C=O) groups is 2. The average molecular weight is 551 g/mol. The minimum absolute atomic E-state index is 0.0550. The van der Waals surface area contributed by atoms with Crippen LogP contribution in [0.1, 0.15) is 12.8 Å². The Kier molecular flexibility index (Phi) is 8.22. The number of benzene rings is 2. The Hall–Kier alpha value is -3.32. The molecule has 0 aliphatic carbocycles. The van der Waals surface area contributed by atoms with E-state index in [4.69, 9.17) is 4.74 Å². The van der Waals surface area contributed by atoms with Gasteiger partial charge in [0.2, 0.25) is 0 Å². The van der Waals surface area contributed by atoms with Gasteiger partial charge in [0.05, 0.1) is 23.0 Å². The Morgan fingerprint density at radius 1 is 0.676 bits per heavy atom. The first-order valence-electron chi connectivity index (χ1n) is 11.9. The van der Waals surface area contributed by atoms with Crippen molar-refractivity contribution in [3.8, 4) is 11.5 Å². The summed E-state index contributed by atoms with van der Waals surface area (Å²) in [6.07, 6.45) is 1.13. The smallest absolute Gasteiger partial charge is 0.319 e. The summed E-state index contributed by atoms with van der Waals surface area (Å²) in [5.74, 6) is 1.55. The Morgan fingerprint density at radius 2 is 1.05 bits per heavy atom. The quantitative estimate of drug-likeness (QED) is 0.393. The summed E-state index contributed by atoms with van der Waals surface area (Å²) in [6, 6.07) is 12.7. The molecule has 2 fully saturated rings. The van der Waals surface area contributed by atoms with Gasteiger partial charge in [0.15, 0.2) is 19.7 Å². The highest BCUT2D eigenvalue weighted by molar-refractivity contribution is 7.91. The first kappa shape index (κ1) is 26.7. The minimum Gasteiger partial charge on any atom is -0.457 e. The van der Waals surface area contributed by atoms with Crippen molar-refractivity contribution < 1.29 is 31.2 Å². The third-order valence-corrected chi connectivity index (χ3v) is 9.89. The first-order chi connectivity index (χ1) is 17.6. The lowest BCUT2D eigenvalue weighted by atomic mass is 10.1. The molecule has 2 aliphatic rings. The van der Waals surface area contributed by atoms with E-state index < -0.39 is 31.7 Å². The second kappa shape index (κ2) is 11.4. The lowest BCUT2D eigenvalue weighted by Gasteiger charge is -2.12. The molecular weight excluding hydrogens is 520 g/mol. The molecule has 2 aromatic carbocycles. The molecule has 2 unspecified atom stereocenters. The molecule has 2 aromatic rings. The third-order valence-electron chi connectivity index (χ3n) is 6.22. The predicted octanol–water partition coefficient (Wildman–Crippen LogP) is 2.59. The van der Waals surface area contributed by atoms with Crippen LogP contribution in [0.4, 0.5) is 21.0 Å². The Labute approximate surface area is 216 Å². The summed E-state index contributed by atoms with van der Waals surface area (Å²) in [6.45, 7) is 0.618. The lowest BCUT2D eigenvalue weighted by molar-refractivity contribution is 0.250. The van der Waals surface area contributed by atoms with E-state index in [9.17, 15) is 26.4 Å². The fraction of sp³-hybridized carbons (Fsp3) is 0.417. The topological polar surface area (TPSA) is 160 Å². The number of carbonyl (C=O) groups excluding carboxylic acids is 2. The highest BCUT2D eigenvalue weighted by Crippen LogP contribution is 2.25. The molecule has 4 amide bonds. The highest BCUT2D eigenvalue weighted by atomic mass is 32.2. The van der Waals surface area contributed by atoms with Crippen molar-refractivity contribution in [2.24, 2.45) is 11.8 Å². The van der Waals surface area contributed by atoms with Gasteiger partial charge in [0.25, 0.3) is 0 Å². The zero-order chi connectivity index (χ0) is 26.5. The van der Waals surface area contributed by atoms with Gasteiger partial charge < -0.3 is 26.0 Å². The number of anilines is 2. The Bertz CT molecular complexity index is 1220.